The van der Waals surface area contributed by atoms with E-state index in [2.05, 4.69) is 47.1 Å². The molecule has 0 bridgehead atoms. The summed E-state index contributed by atoms with van der Waals surface area (Å²) in [6, 6.07) is 6.86. The second kappa shape index (κ2) is 9.84. The average molecular weight is 453 g/mol. The molecule has 0 spiro atoms. The van der Waals surface area contributed by atoms with Gasteiger partial charge in [-0.2, -0.15) is 5.26 Å². The molecular formula is C25H36N6O2. The van der Waals surface area contributed by atoms with E-state index in [-0.39, 0.29) is 6.09 Å². The molecule has 33 heavy (non-hydrogen) atoms. The van der Waals surface area contributed by atoms with Gasteiger partial charge in [-0.15, -0.1) is 0 Å². The first kappa shape index (κ1) is 24.6. The lowest BCUT2D eigenvalue weighted by molar-refractivity contribution is 0.0270. The van der Waals surface area contributed by atoms with Crippen LogP contribution in [0.4, 0.5) is 16.2 Å². The van der Waals surface area contributed by atoms with E-state index in [1.807, 2.05) is 45.8 Å². The molecule has 3 rings (SSSR count). The molecule has 1 aromatic carbocycles. The molecule has 1 amide bonds. The summed E-state index contributed by atoms with van der Waals surface area (Å²) in [5.41, 5.74) is 3.90. The van der Waals surface area contributed by atoms with E-state index < -0.39 is 5.60 Å². The fourth-order valence-electron chi connectivity index (χ4n) is 3.93. The maximum absolute atomic E-state index is 12.5. The van der Waals surface area contributed by atoms with Gasteiger partial charge in [-0.05, 0) is 52.9 Å². The average Bonchev–Trinajstić information content (AvgIpc) is 2.69. The summed E-state index contributed by atoms with van der Waals surface area (Å²) in [6.45, 7) is 8.44. The fourth-order valence-corrected chi connectivity index (χ4v) is 3.93. The SMILES string of the molecule is CN(C)C=Nc1ccc(C2=CCN(C(=O)OC(C)(C)C)CC2)c(N2CC(N(C)C)C2)c1C#N. The minimum atomic E-state index is -0.515. The molecule has 2 aliphatic heterocycles. The Morgan fingerprint density at radius 2 is 1.94 bits per heavy atom. The number of rotatable bonds is 5. The van der Waals surface area contributed by atoms with Crippen molar-refractivity contribution >= 4 is 29.4 Å². The fraction of sp³-hybridized carbons (Fsp3) is 0.560. The number of amides is 1. The van der Waals surface area contributed by atoms with Crippen molar-refractivity contribution in [3.8, 4) is 6.07 Å². The van der Waals surface area contributed by atoms with Crippen LogP contribution < -0.4 is 4.90 Å². The summed E-state index contributed by atoms with van der Waals surface area (Å²) in [7, 11) is 7.98. The highest BCUT2D eigenvalue weighted by Crippen LogP contribution is 2.40. The van der Waals surface area contributed by atoms with E-state index in [0.717, 1.165) is 29.9 Å². The Labute approximate surface area is 197 Å². The van der Waals surface area contributed by atoms with Crippen LogP contribution in [0, 0.1) is 11.3 Å². The number of likely N-dealkylation sites (N-methyl/N-ethyl adjacent to an activating group) is 1. The Morgan fingerprint density at radius 1 is 1.24 bits per heavy atom. The van der Waals surface area contributed by atoms with Gasteiger partial charge in [0.25, 0.3) is 0 Å². The third kappa shape index (κ3) is 5.85. The van der Waals surface area contributed by atoms with Crippen molar-refractivity contribution in [3.05, 3.63) is 29.3 Å². The summed E-state index contributed by atoms with van der Waals surface area (Å²) in [4.78, 5) is 25.1. The van der Waals surface area contributed by atoms with Crippen LogP contribution in [0.15, 0.2) is 23.2 Å². The summed E-state index contributed by atoms with van der Waals surface area (Å²) >= 11 is 0. The highest BCUT2D eigenvalue weighted by molar-refractivity contribution is 5.87. The van der Waals surface area contributed by atoms with Crippen LogP contribution in [0.1, 0.15) is 38.3 Å². The van der Waals surface area contributed by atoms with Crippen LogP contribution in [0.25, 0.3) is 5.57 Å². The number of ether oxygens (including phenoxy) is 1. The third-order valence-corrected chi connectivity index (χ3v) is 5.81. The van der Waals surface area contributed by atoms with E-state index in [0.29, 0.717) is 36.8 Å². The molecule has 0 aromatic heterocycles. The van der Waals surface area contributed by atoms with Crippen molar-refractivity contribution in [2.75, 3.05) is 59.3 Å². The number of carbonyl (C=O) groups is 1. The Morgan fingerprint density at radius 3 is 2.45 bits per heavy atom. The van der Waals surface area contributed by atoms with Gasteiger partial charge in [0.1, 0.15) is 17.2 Å². The van der Waals surface area contributed by atoms with Gasteiger partial charge in [0, 0.05) is 51.9 Å². The Balaban J connectivity index is 1.93. The Hall–Kier alpha value is -3.05. The molecule has 0 radical (unpaired) electrons. The third-order valence-electron chi connectivity index (χ3n) is 5.81. The molecule has 0 saturated carbocycles. The molecular weight excluding hydrogens is 416 g/mol. The summed E-state index contributed by atoms with van der Waals surface area (Å²) in [5.74, 6) is 0. The van der Waals surface area contributed by atoms with Crippen LogP contribution in [0.2, 0.25) is 0 Å². The normalized spacial score (nSPS) is 17.1. The lowest BCUT2D eigenvalue weighted by Crippen LogP contribution is -2.58. The lowest BCUT2D eigenvalue weighted by atomic mass is 9.92. The molecule has 0 atom stereocenters. The smallest absolute Gasteiger partial charge is 0.410 e. The van der Waals surface area contributed by atoms with Crippen LogP contribution in [0.5, 0.6) is 0 Å². The molecule has 0 N–H and O–H groups in total. The first-order valence-electron chi connectivity index (χ1n) is 11.4. The van der Waals surface area contributed by atoms with Crippen LogP contribution in [-0.4, -0.2) is 93.1 Å². The molecule has 0 unspecified atom stereocenters. The standard InChI is InChI=1S/C25H36N6O2/c1-25(2,3)33-24(32)30-12-10-18(11-13-30)20-8-9-22(27-17-28(4)5)21(14-26)23(20)31-15-19(16-31)29(6)7/h8-10,17,19H,11-13,15-16H2,1-7H3. The summed E-state index contributed by atoms with van der Waals surface area (Å²) in [5, 5.41) is 10.1. The number of nitriles is 1. The monoisotopic (exact) mass is 452 g/mol. The highest BCUT2D eigenvalue weighted by atomic mass is 16.6. The largest absolute Gasteiger partial charge is 0.444 e. The van der Waals surface area contributed by atoms with Crippen molar-refractivity contribution in [3.63, 3.8) is 0 Å². The number of nitrogens with zero attached hydrogens (tertiary/aromatic N) is 6. The summed E-state index contributed by atoms with van der Waals surface area (Å²) in [6.07, 6.45) is 4.22. The van der Waals surface area contributed by atoms with E-state index in [9.17, 15) is 10.1 Å². The number of anilines is 1. The van der Waals surface area contributed by atoms with Crippen molar-refractivity contribution in [2.24, 2.45) is 4.99 Å². The van der Waals surface area contributed by atoms with E-state index >= 15 is 0 Å². The zero-order valence-corrected chi connectivity index (χ0v) is 20.9. The topological polar surface area (TPSA) is 75.4 Å². The molecule has 8 heteroatoms. The molecule has 178 valence electrons. The van der Waals surface area contributed by atoms with E-state index in [1.165, 1.54) is 0 Å². The van der Waals surface area contributed by atoms with Crippen molar-refractivity contribution in [2.45, 2.75) is 38.8 Å². The van der Waals surface area contributed by atoms with Crippen LogP contribution in [0.3, 0.4) is 0 Å². The number of hydrogen-bond donors (Lipinski definition) is 0. The van der Waals surface area contributed by atoms with Crippen molar-refractivity contribution in [1.29, 1.82) is 5.26 Å². The van der Waals surface area contributed by atoms with Gasteiger partial charge in [-0.1, -0.05) is 12.1 Å². The second-order valence-corrected chi connectivity index (χ2v) is 10.1. The number of aliphatic imine (C=N–C) groups is 1. The van der Waals surface area contributed by atoms with Crippen LogP contribution in [-0.2, 0) is 4.74 Å². The zero-order valence-electron chi connectivity index (χ0n) is 20.9. The predicted octanol–water partition coefficient (Wildman–Crippen LogP) is 3.55. The molecule has 1 aromatic rings. The van der Waals surface area contributed by atoms with Gasteiger partial charge >= 0.3 is 6.09 Å². The van der Waals surface area contributed by atoms with Crippen molar-refractivity contribution in [1.82, 2.24) is 14.7 Å². The Bertz CT molecular complexity index is 978. The number of carbonyl (C=O) groups excluding carboxylic acids is 1. The second-order valence-electron chi connectivity index (χ2n) is 10.1. The lowest BCUT2D eigenvalue weighted by Gasteiger charge is -2.45. The van der Waals surface area contributed by atoms with E-state index in [4.69, 9.17) is 4.74 Å². The molecule has 0 aliphatic carbocycles. The minimum Gasteiger partial charge on any atom is -0.444 e. The first-order chi connectivity index (χ1) is 15.5. The molecule has 1 fully saturated rings. The molecule has 8 nitrogen and oxygen atoms in total. The van der Waals surface area contributed by atoms with Gasteiger partial charge in [-0.3, -0.25) is 0 Å². The van der Waals surface area contributed by atoms with Gasteiger partial charge in [0.05, 0.1) is 17.7 Å². The maximum Gasteiger partial charge on any atom is 0.410 e. The summed E-state index contributed by atoms with van der Waals surface area (Å²) < 4.78 is 5.52. The van der Waals surface area contributed by atoms with Crippen molar-refractivity contribution < 1.29 is 9.53 Å². The number of benzene rings is 1. The maximum atomic E-state index is 12.5. The van der Waals surface area contributed by atoms with E-state index in [1.54, 1.807) is 11.2 Å². The molecule has 1 saturated heterocycles. The van der Waals surface area contributed by atoms with Gasteiger partial charge < -0.3 is 24.3 Å². The quantitative estimate of drug-likeness (QED) is 0.502. The van der Waals surface area contributed by atoms with Crippen LogP contribution >= 0.6 is 0 Å². The zero-order chi connectivity index (χ0) is 24.3. The van der Waals surface area contributed by atoms with Gasteiger partial charge in [-0.25, -0.2) is 9.79 Å². The minimum absolute atomic E-state index is 0.291. The first-order valence-corrected chi connectivity index (χ1v) is 11.4. The molecule has 2 heterocycles. The molecule has 2 aliphatic rings. The van der Waals surface area contributed by atoms with Gasteiger partial charge in [0.15, 0.2) is 0 Å². The predicted molar refractivity (Wildman–Crippen MR) is 133 cm³/mol. The van der Waals surface area contributed by atoms with Gasteiger partial charge in [0.2, 0.25) is 0 Å². The number of hydrogen-bond acceptors (Lipinski definition) is 6. The Kier molecular flexibility index (Phi) is 7.33. The highest BCUT2D eigenvalue weighted by Gasteiger charge is 2.33.